The minimum atomic E-state index is -0.904. The number of aryl methyl sites for hydroxylation is 1. The van der Waals surface area contributed by atoms with Crippen LogP contribution in [-0.2, 0) is 4.79 Å². The van der Waals surface area contributed by atoms with Gasteiger partial charge in [0.1, 0.15) is 0 Å². The summed E-state index contributed by atoms with van der Waals surface area (Å²) in [5, 5.41) is 12.1. The van der Waals surface area contributed by atoms with Crippen LogP contribution in [0.2, 0.25) is 0 Å². The van der Waals surface area contributed by atoms with E-state index in [1.54, 1.807) is 12.1 Å². The van der Waals surface area contributed by atoms with Gasteiger partial charge < -0.3 is 15.3 Å². The number of carbonyl (C=O) groups excluding carboxylic acids is 1. The van der Waals surface area contributed by atoms with Crippen molar-refractivity contribution in [1.29, 1.82) is 0 Å². The molecule has 5 nitrogen and oxygen atoms in total. The zero-order valence-corrected chi connectivity index (χ0v) is 16.1. The highest BCUT2D eigenvalue weighted by Crippen LogP contribution is 2.26. The number of thioether (sulfide) groups is 1. The number of anilines is 2. The van der Waals surface area contributed by atoms with E-state index in [1.807, 2.05) is 37.3 Å². The van der Waals surface area contributed by atoms with Crippen LogP contribution in [0.15, 0.2) is 47.4 Å². The number of benzene rings is 2. The summed E-state index contributed by atoms with van der Waals surface area (Å²) < 4.78 is 0. The van der Waals surface area contributed by atoms with Gasteiger partial charge in [0.2, 0.25) is 5.91 Å². The van der Waals surface area contributed by atoms with E-state index in [0.717, 1.165) is 40.7 Å². The van der Waals surface area contributed by atoms with Gasteiger partial charge in [0, 0.05) is 42.0 Å². The lowest BCUT2D eigenvalue weighted by molar-refractivity contribution is -0.114. The monoisotopic (exact) mass is 372 g/mol. The fourth-order valence-corrected chi connectivity index (χ4v) is 3.65. The normalized spacial score (nSPS) is 10.4. The van der Waals surface area contributed by atoms with Crippen LogP contribution >= 0.6 is 11.8 Å². The fraction of sp³-hybridized carbons (Fsp3) is 0.300. The summed E-state index contributed by atoms with van der Waals surface area (Å²) in [6, 6.07) is 13.1. The van der Waals surface area contributed by atoms with Gasteiger partial charge in [-0.25, -0.2) is 4.79 Å². The second-order valence-corrected chi connectivity index (χ2v) is 7.05. The summed E-state index contributed by atoms with van der Waals surface area (Å²) in [5.74, 6) is -0.227. The van der Waals surface area contributed by atoms with Crippen molar-refractivity contribution >= 4 is 35.0 Å². The number of nitrogens with zero attached hydrogens (tertiary/aromatic N) is 1. The van der Waals surface area contributed by atoms with Crippen LogP contribution < -0.4 is 10.2 Å². The third-order valence-electron chi connectivity index (χ3n) is 4.01. The van der Waals surface area contributed by atoms with E-state index in [0.29, 0.717) is 5.56 Å². The first-order valence-electron chi connectivity index (χ1n) is 8.50. The first-order chi connectivity index (χ1) is 12.4. The molecule has 26 heavy (non-hydrogen) atoms. The molecule has 138 valence electrons. The maximum Gasteiger partial charge on any atom is 0.336 e. The summed E-state index contributed by atoms with van der Waals surface area (Å²) >= 11 is 1.54. The zero-order valence-electron chi connectivity index (χ0n) is 15.3. The van der Waals surface area contributed by atoms with Gasteiger partial charge in [0.15, 0.2) is 0 Å². The Labute approximate surface area is 158 Å². The van der Waals surface area contributed by atoms with E-state index >= 15 is 0 Å². The molecular weight excluding hydrogens is 348 g/mol. The average molecular weight is 372 g/mol. The van der Waals surface area contributed by atoms with Crippen molar-refractivity contribution < 1.29 is 14.7 Å². The molecule has 0 aliphatic carbocycles. The summed E-state index contributed by atoms with van der Waals surface area (Å²) in [5.41, 5.74) is 3.21. The molecular formula is C20H24N2O3S. The van der Waals surface area contributed by atoms with Crippen LogP contribution in [0.4, 0.5) is 11.4 Å². The molecule has 0 spiro atoms. The van der Waals surface area contributed by atoms with Gasteiger partial charge in [-0.1, -0.05) is 18.2 Å². The number of aromatic carboxylic acids is 1. The maximum absolute atomic E-state index is 11.4. The molecule has 0 aliphatic heterocycles. The van der Waals surface area contributed by atoms with Crippen molar-refractivity contribution in [2.45, 2.75) is 25.7 Å². The number of carboxylic acid groups (broad SMARTS) is 1. The van der Waals surface area contributed by atoms with Gasteiger partial charge in [0.25, 0.3) is 0 Å². The molecule has 0 saturated heterocycles. The Morgan fingerprint density at radius 3 is 2.58 bits per heavy atom. The van der Waals surface area contributed by atoms with Gasteiger partial charge >= 0.3 is 5.97 Å². The molecule has 0 radical (unpaired) electrons. The molecule has 6 heteroatoms. The van der Waals surface area contributed by atoms with Crippen molar-refractivity contribution in [2.75, 3.05) is 29.1 Å². The van der Waals surface area contributed by atoms with Crippen molar-refractivity contribution in [3.63, 3.8) is 0 Å². The van der Waals surface area contributed by atoms with Crippen LogP contribution in [0.1, 0.15) is 29.8 Å². The lowest BCUT2D eigenvalue weighted by Gasteiger charge is -2.24. The van der Waals surface area contributed by atoms with Crippen LogP contribution in [0.3, 0.4) is 0 Å². The first-order valence-corrected chi connectivity index (χ1v) is 9.49. The van der Waals surface area contributed by atoms with Crippen LogP contribution in [0, 0.1) is 6.92 Å². The minimum absolute atomic E-state index is 0.0888. The molecule has 0 saturated carbocycles. The summed E-state index contributed by atoms with van der Waals surface area (Å²) in [7, 11) is 0. The topological polar surface area (TPSA) is 69.6 Å². The van der Waals surface area contributed by atoms with Gasteiger partial charge in [0.05, 0.1) is 5.56 Å². The third-order valence-corrected chi connectivity index (χ3v) is 5.07. The Morgan fingerprint density at radius 2 is 1.92 bits per heavy atom. The average Bonchev–Trinajstić information content (AvgIpc) is 2.60. The number of rotatable bonds is 8. The first kappa shape index (κ1) is 19.8. The Bertz CT molecular complexity index is 792. The highest BCUT2D eigenvalue weighted by Gasteiger charge is 2.11. The predicted molar refractivity (Wildman–Crippen MR) is 107 cm³/mol. The minimum Gasteiger partial charge on any atom is -0.478 e. The molecule has 2 N–H and O–H groups in total. The van der Waals surface area contributed by atoms with Crippen molar-refractivity contribution in [3.8, 4) is 0 Å². The summed E-state index contributed by atoms with van der Waals surface area (Å²) in [4.78, 5) is 25.6. The highest BCUT2D eigenvalue weighted by atomic mass is 32.2. The Hall–Kier alpha value is -2.47. The predicted octanol–water partition coefficient (Wildman–Crippen LogP) is 4.27. The van der Waals surface area contributed by atoms with Crippen LogP contribution in [0.25, 0.3) is 0 Å². The summed E-state index contributed by atoms with van der Waals surface area (Å²) in [6.45, 7) is 7.14. The van der Waals surface area contributed by atoms with Crippen molar-refractivity contribution in [1.82, 2.24) is 0 Å². The molecule has 2 aromatic rings. The standard InChI is InChI=1S/C20H24N2O3S/c1-4-22(16-10-9-14(2)18(13-16)21-15(3)23)11-12-26-19-8-6-5-7-17(19)20(24)25/h5-10,13H,4,11-12H2,1-3H3,(H,21,23)(H,24,25). The molecule has 0 unspecified atom stereocenters. The molecule has 2 aromatic carbocycles. The van der Waals surface area contributed by atoms with E-state index < -0.39 is 5.97 Å². The van der Waals surface area contributed by atoms with Crippen molar-refractivity contribution in [3.05, 3.63) is 53.6 Å². The van der Waals surface area contributed by atoms with E-state index in [4.69, 9.17) is 0 Å². The smallest absolute Gasteiger partial charge is 0.336 e. The SMILES string of the molecule is CCN(CCSc1ccccc1C(=O)O)c1ccc(C)c(NC(C)=O)c1. The quantitative estimate of drug-likeness (QED) is 0.677. The van der Waals surface area contributed by atoms with E-state index in [1.165, 1.54) is 18.7 Å². The third kappa shape index (κ3) is 5.26. The van der Waals surface area contributed by atoms with E-state index in [-0.39, 0.29) is 5.91 Å². The Balaban J connectivity index is 2.06. The van der Waals surface area contributed by atoms with Gasteiger partial charge in [-0.05, 0) is 43.7 Å². The van der Waals surface area contributed by atoms with E-state index in [9.17, 15) is 14.7 Å². The molecule has 0 atom stereocenters. The van der Waals surface area contributed by atoms with Crippen molar-refractivity contribution in [2.24, 2.45) is 0 Å². The molecule has 0 aliphatic rings. The molecule has 1 amide bonds. The molecule has 0 aromatic heterocycles. The van der Waals surface area contributed by atoms with Gasteiger partial charge in [-0.15, -0.1) is 11.8 Å². The number of hydrogen-bond donors (Lipinski definition) is 2. The van der Waals surface area contributed by atoms with Gasteiger partial charge in [-0.2, -0.15) is 0 Å². The highest BCUT2D eigenvalue weighted by molar-refractivity contribution is 7.99. The number of carbonyl (C=O) groups is 2. The number of nitrogens with one attached hydrogen (secondary N) is 1. The fourth-order valence-electron chi connectivity index (χ4n) is 2.64. The zero-order chi connectivity index (χ0) is 19.1. The lowest BCUT2D eigenvalue weighted by Crippen LogP contribution is -2.25. The van der Waals surface area contributed by atoms with Crippen LogP contribution in [0.5, 0.6) is 0 Å². The second kappa shape index (κ2) is 9.29. The molecule has 0 heterocycles. The van der Waals surface area contributed by atoms with Crippen LogP contribution in [-0.4, -0.2) is 35.8 Å². The lowest BCUT2D eigenvalue weighted by atomic mass is 10.1. The molecule has 0 bridgehead atoms. The number of carboxylic acids is 1. The second-order valence-electron chi connectivity index (χ2n) is 5.91. The van der Waals surface area contributed by atoms with Gasteiger partial charge in [-0.3, -0.25) is 4.79 Å². The molecule has 0 fully saturated rings. The summed E-state index contributed by atoms with van der Waals surface area (Å²) in [6.07, 6.45) is 0. The Morgan fingerprint density at radius 1 is 1.19 bits per heavy atom. The maximum atomic E-state index is 11.4. The largest absolute Gasteiger partial charge is 0.478 e. The number of amides is 1. The molecule has 2 rings (SSSR count). The number of hydrogen-bond acceptors (Lipinski definition) is 4. The Kier molecular flexibility index (Phi) is 7.09. The van der Waals surface area contributed by atoms with E-state index in [2.05, 4.69) is 17.1 Å².